The van der Waals surface area contributed by atoms with Crippen molar-refractivity contribution in [3.63, 3.8) is 0 Å². The zero-order valence-electron chi connectivity index (χ0n) is 9.81. The lowest BCUT2D eigenvalue weighted by atomic mass is 9.92. The Morgan fingerprint density at radius 1 is 1.21 bits per heavy atom. The van der Waals surface area contributed by atoms with Crippen molar-refractivity contribution < 1.29 is 4.79 Å². The summed E-state index contributed by atoms with van der Waals surface area (Å²) in [6.07, 6.45) is 0. The molecule has 0 heterocycles. The van der Waals surface area contributed by atoms with Crippen molar-refractivity contribution in [2.24, 2.45) is 0 Å². The maximum Gasteiger partial charge on any atom is 0.185 e. The van der Waals surface area contributed by atoms with Crippen LogP contribution in [0.3, 0.4) is 0 Å². The molecular formula is C15H9BrINO. The summed E-state index contributed by atoms with van der Waals surface area (Å²) in [5.74, 6) is -0.949. The number of nitriles is 1. The fourth-order valence-electron chi connectivity index (χ4n) is 1.77. The summed E-state index contributed by atoms with van der Waals surface area (Å²) in [6, 6.07) is 16.7. The molecule has 0 radical (unpaired) electrons. The van der Waals surface area contributed by atoms with E-state index in [9.17, 15) is 10.1 Å². The summed E-state index contributed by atoms with van der Waals surface area (Å²) in [4.78, 5) is 12.5. The molecule has 19 heavy (non-hydrogen) atoms. The topological polar surface area (TPSA) is 40.9 Å². The second-order valence-corrected chi connectivity index (χ2v) is 6.06. The Morgan fingerprint density at radius 3 is 2.53 bits per heavy atom. The summed E-state index contributed by atoms with van der Waals surface area (Å²) in [7, 11) is 0. The Kier molecular flexibility index (Phi) is 4.72. The van der Waals surface area contributed by atoms with E-state index in [1.54, 1.807) is 18.2 Å². The molecule has 0 saturated carbocycles. The van der Waals surface area contributed by atoms with Crippen molar-refractivity contribution in [2.75, 3.05) is 0 Å². The molecule has 2 rings (SSSR count). The van der Waals surface area contributed by atoms with Gasteiger partial charge in [0.1, 0.15) is 5.92 Å². The van der Waals surface area contributed by atoms with E-state index in [-0.39, 0.29) is 5.78 Å². The lowest BCUT2D eigenvalue weighted by Crippen LogP contribution is -2.12. The Balaban J connectivity index is 2.43. The predicted octanol–water partition coefficient (Wildman–Crippen LogP) is 4.54. The standard InChI is InChI=1S/C15H9BrINO/c16-14-7-6-11(17)8-12(14)15(19)13(9-18)10-4-2-1-3-5-10/h1-8,13H. The zero-order valence-corrected chi connectivity index (χ0v) is 13.6. The lowest BCUT2D eigenvalue weighted by Gasteiger charge is -2.10. The maximum atomic E-state index is 12.5. The number of nitrogens with zero attached hydrogens (tertiary/aromatic N) is 1. The third-order valence-electron chi connectivity index (χ3n) is 2.72. The Labute approximate surface area is 133 Å². The van der Waals surface area contributed by atoms with Gasteiger partial charge in [-0.2, -0.15) is 5.26 Å². The minimum absolute atomic E-state index is 0.181. The normalized spacial score (nSPS) is 11.6. The van der Waals surface area contributed by atoms with Gasteiger partial charge in [0.05, 0.1) is 6.07 Å². The highest BCUT2D eigenvalue weighted by molar-refractivity contribution is 14.1. The highest BCUT2D eigenvalue weighted by atomic mass is 127. The Hall–Kier alpha value is -1.19. The van der Waals surface area contributed by atoms with Crippen LogP contribution in [-0.4, -0.2) is 5.78 Å². The van der Waals surface area contributed by atoms with Gasteiger partial charge in [-0.15, -0.1) is 0 Å². The van der Waals surface area contributed by atoms with Crippen LogP contribution in [0.2, 0.25) is 0 Å². The minimum atomic E-state index is -0.768. The fourth-order valence-corrected chi connectivity index (χ4v) is 2.71. The summed E-state index contributed by atoms with van der Waals surface area (Å²) in [5, 5.41) is 9.28. The van der Waals surface area contributed by atoms with Crippen molar-refractivity contribution in [3.05, 3.63) is 67.7 Å². The molecule has 1 unspecified atom stereocenters. The van der Waals surface area contributed by atoms with Gasteiger partial charge in [-0.3, -0.25) is 4.79 Å². The zero-order chi connectivity index (χ0) is 13.8. The molecule has 0 aromatic heterocycles. The molecule has 0 bridgehead atoms. The van der Waals surface area contributed by atoms with Crippen LogP contribution in [0.15, 0.2) is 53.0 Å². The molecular weight excluding hydrogens is 417 g/mol. The molecule has 0 spiro atoms. The van der Waals surface area contributed by atoms with E-state index in [0.29, 0.717) is 10.0 Å². The van der Waals surface area contributed by atoms with E-state index in [2.05, 4.69) is 44.6 Å². The number of carbonyl (C=O) groups is 1. The van der Waals surface area contributed by atoms with Crippen LogP contribution in [0.4, 0.5) is 0 Å². The van der Waals surface area contributed by atoms with E-state index in [4.69, 9.17) is 0 Å². The van der Waals surface area contributed by atoms with Gasteiger partial charge < -0.3 is 0 Å². The number of hydrogen-bond donors (Lipinski definition) is 0. The van der Waals surface area contributed by atoms with Gasteiger partial charge in [0, 0.05) is 13.6 Å². The molecule has 0 aliphatic rings. The second kappa shape index (κ2) is 6.31. The maximum absolute atomic E-state index is 12.5. The molecule has 0 amide bonds. The second-order valence-electron chi connectivity index (χ2n) is 3.96. The van der Waals surface area contributed by atoms with Crippen LogP contribution in [0.25, 0.3) is 0 Å². The first-order valence-electron chi connectivity index (χ1n) is 5.57. The van der Waals surface area contributed by atoms with Gasteiger partial charge in [-0.25, -0.2) is 0 Å². The summed E-state index contributed by atoms with van der Waals surface area (Å²) >= 11 is 5.52. The van der Waals surface area contributed by atoms with Crippen LogP contribution < -0.4 is 0 Å². The van der Waals surface area contributed by atoms with E-state index < -0.39 is 5.92 Å². The summed E-state index contributed by atoms with van der Waals surface area (Å²) in [6.45, 7) is 0. The highest BCUT2D eigenvalue weighted by Gasteiger charge is 2.23. The SMILES string of the molecule is N#CC(C(=O)c1cc(I)ccc1Br)c1ccccc1. The molecule has 0 saturated heterocycles. The molecule has 2 nitrogen and oxygen atoms in total. The molecule has 2 aromatic carbocycles. The summed E-state index contributed by atoms with van der Waals surface area (Å²) in [5.41, 5.74) is 1.27. The minimum Gasteiger partial charge on any atom is -0.292 e. The van der Waals surface area contributed by atoms with Crippen LogP contribution in [0.5, 0.6) is 0 Å². The first-order valence-corrected chi connectivity index (χ1v) is 7.44. The number of hydrogen-bond acceptors (Lipinski definition) is 2. The monoisotopic (exact) mass is 425 g/mol. The lowest BCUT2D eigenvalue weighted by molar-refractivity contribution is 0.0978. The molecule has 0 fully saturated rings. The smallest absolute Gasteiger partial charge is 0.185 e. The molecule has 2 aromatic rings. The predicted molar refractivity (Wildman–Crippen MR) is 86.0 cm³/mol. The van der Waals surface area contributed by atoms with Gasteiger partial charge >= 0.3 is 0 Å². The number of benzene rings is 2. The van der Waals surface area contributed by atoms with Gasteiger partial charge in [-0.1, -0.05) is 46.3 Å². The number of carbonyl (C=O) groups excluding carboxylic acids is 1. The quantitative estimate of drug-likeness (QED) is 0.534. The van der Waals surface area contributed by atoms with E-state index in [0.717, 1.165) is 9.13 Å². The van der Waals surface area contributed by atoms with Crippen LogP contribution in [0, 0.1) is 14.9 Å². The molecule has 94 valence electrons. The first kappa shape index (κ1) is 14.2. The average molecular weight is 426 g/mol. The fraction of sp³-hybridized carbons (Fsp3) is 0.0667. The molecule has 1 atom stereocenters. The van der Waals surface area contributed by atoms with Gasteiger partial charge in [0.25, 0.3) is 0 Å². The highest BCUT2D eigenvalue weighted by Crippen LogP contribution is 2.26. The van der Waals surface area contributed by atoms with Crippen molar-refractivity contribution in [3.8, 4) is 6.07 Å². The average Bonchev–Trinajstić information content (AvgIpc) is 2.43. The van der Waals surface area contributed by atoms with E-state index >= 15 is 0 Å². The number of rotatable bonds is 3. The van der Waals surface area contributed by atoms with Crippen molar-refractivity contribution >= 4 is 44.3 Å². The molecule has 0 aliphatic carbocycles. The molecule has 0 N–H and O–H groups in total. The van der Waals surface area contributed by atoms with E-state index in [1.165, 1.54) is 0 Å². The third kappa shape index (κ3) is 3.23. The first-order chi connectivity index (χ1) is 9.13. The Bertz CT molecular complexity index is 649. The van der Waals surface area contributed by atoms with Gasteiger partial charge in [-0.05, 0) is 46.4 Å². The van der Waals surface area contributed by atoms with Gasteiger partial charge in [0.2, 0.25) is 0 Å². The number of ketones is 1. The Morgan fingerprint density at radius 2 is 1.89 bits per heavy atom. The molecule has 0 aliphatic heterocycles. The molecule has 4 heteroatoms. The number of Topliss-reactive ketones (excluding diaryl/α,β-unsaturated/α-hetero) is 1. The van der Waals surface area contributed by atoms with Crippen molar-refractivity contribution in [1.82, 2.24) is 0 Å². The number of halogens is 2. The van der Waals surface area contributed by atoms with Crippen LogP contribution >= 0.6 is 38.5 Å². The van der Waals surface area contributed by atoms with Crippen molar-refractivity contribution in [1.29, 1.82) is 5.26 Å². The largest absolute Gasteiger partial charge is 0.292 e. The van der Waals surface area contributed by atoms with Gasteiger partial charge in [0.15, 0.2) is 5.78 Å². The summed E-state index contributed by atoms with van der Waals surface area (Å²) < 4.78 is 1.68. The van der Waals surface area contributed by atoms with Crippen LogP contribution in [0.1, 0.15) is 21.8 Å². The van der Waals surface area contributed by atoms with E-state index in [1.807, 2.05) is 30.3 Å². The van der Waals surface area contributed by atoms with Crippen molar-refractivity contribution in [2.45, 2.75) is 5.92 Å². The third-order valence-corrected chi connectivity index (χ3v) is 4.08. The van der Waals surface area contributed by atoms with Crippen LogP contribution in [-0.2, 0) is 0 Å².